The molecule has 2 unspecified atom stereocenters. The summed E-state index contributed by atoms with van der Waals surface area (Å²) in [5, 5.41) is 3.63. The second-order valence-electron chi connectivity index (χ2n) is 6.34. The van der Waals surface area contributed by atoms with E-state index >= 15 is 0 Å². The fourth-order valence-corrected chi connectivity index (χ4v) is 3.14. The van der Waals surface area contributed by atoms with Gasteiger partial charge in [-0.15, -0.1) is 0 Å². The molecule has 114 valence electrons. The van der Waals surface area contributed by atoms with E-state index in [1.54, 1.807) is 0 Å². The average molecular weight is 268 g/mol. The molecule has 0 saturated heterocycles. The zero-order chi connectivity index (χ0) is 13.8. The largest absolute Gasteiger partial charge is 0.326 e. The summed E-state index contributed by atoms with van der Waals surface area (Å²) >= 11 is 0. The molecule has 0 amide bonds. The maximum Gasteiger partial charge on any atom is 0.0219 e. The monoisotopic (exact) mass is 268 g/mol. The van der Waals surface area contributed by atoms with E-state index in [1.807, 2.05) is 0 Å². The van der Waals surface area contributed by atoms with E-state index in [1.165, 1.54) is 90.0 Å². The molecule has 2 heteroatoms. The number of rotatable bonds is 12. The molecule has 0 aromatic heterocycles. The molecule has 0 spiro atoms. The quantitative estimate of drug-likeness (QED) is 0.516. The van der Waals surface area contributed by atoms with Crippen molar-refractivity contribution in [2.24, 2.45) is 5.73 Å². The molecule has 0 radical (unpaired) electrons. The molecule has 2 nitrogen and oxygen atoms in total. The zero-order valence-corrected chi connectivity index (χ0v) is 13.1. The predicted molar refractivity (Wildman–Crippen MR) is 85.5 cm³/mol. The molecule has 2 atom stereocenters. The van der Waals surface area contributed by atoms with E-state index in [2.05, 4.69) is 12.2 Å². The number of unbranched alkanes of at least 4 members (excludes halogenated alkanes) is 9. The third kappa shape index (κ3) is 8.65. The van der Waals surface area contributed by atoms with Crippen LogP contribution in [-0.2, 0) is 0 Å². The second-order valence-corrected chi connectivity index (χ2v) is 6.34. The first-order valence-corrected chi connectivity index (χ1v) is 8.83. The van der Waals surface area contributed by atoms with Crippen molar-refractivity contribution in [1.29, 1.82) is 0 Å². The summed E-state index contributed by atoms with van der Waals surface area (Å²) < 4.78 is 0. The molecule has 0 aromatic rings. The Kier molecular flexibility index (Phi) is 10.5. The Morgan fingerprint density at radius 2 is 1.42 bits per heavy atom. The van der Waals surface area contributed by atoms with Crippen LogP contribution in [0, 0.1) is 0 Å². The number of nitrogens with one attached hydrogen (secondary N) is 1. The molecule has 0 heterocycles. The molecule has 3 N–H and O–H groups in total. The van der Waals surface area contributed by atoms with Crippen LogP contribution < -0.4 is 11.1 Å². The minimum absolute atomic E-state index is 0.420. The molecule has 0 bridgehead atoms. The summed E-state index contributed by atoms with van der Waals surface area (Å²) in [7, 11) is 0. The molecule has 0 aromatic carbocycles. The van der Waals surface area contributed by atoms with Gasteiger partial charge in [-0.2, -0.15) is 0 Å². The highest BCUT2D eigenvalue weighted by Crippen LogP contribution is 2.17. The molecule has 1 rings (SSSR count). The predicted octanol–water partition coefficient (Wildman–Crippen LogP) is 4.38. The van der Waals surface area contributed by atoms with Crippen molar-refractivity contribution < 1.29 is 0 Å². The van der Waals surface area contributed by atoms with Gasteiger partial charge in [0, 0.05) is 12.1 Å². The van der Waals surface area contributed by atoms with Gasteiger partial charge in [-0.1, -0.05) is 71.1 Å². The molecular weight excluding hydrogens is 232 g/mol. The molecule has 19 heavy (non-hydrogen) atoms. The Morgan fingerprint density at radius 3 is 1.95 bits per heavy atom. The average Bonchev–Trinajstić information content (AvgIpc) is 2.82. The van der Waals surface area contributed by atoms with Crippen molar-refractivity contribution in [3.05, 3.63) is 0 Å². The van der Waals surface area contributed by atoms with Crippen molar-refractivity contribution in [2.75, 3.05) is 6.54 Å². The van der Waals surface area contributed by atoms with E-state index in [0.29, 0.717) is 12.1 Å². The van der Waals surface area contributed by atoms with Crippen LogP contribution in [-0.4, -0.2) is 18.6 Å². The number of hydrogen-bond acceptors (Lipinski definition) is 2. The standard InChI is InChI=1S/C17H36N2/c1-2-3-4-5-6-7-8-9-10-11-15-19-17-14-12-13-16(17)18/h16-17,19H,2-15,18H2,1H3. The Hall–Kier alpha value is -0.0800. The van der Waals surface area contributed by atoms with E-state index in [4.69, 9.17) is 5.73 Å². The SMILES string of the molecule is CCCCCCCCCCCCNC1CCCC1N. The number of nitrogens with two attached hydrogens (primary N) is 1. The van der Waals surface area contributed by atoms with E-state index in [0.717, 1.165) is 0 Å². The smallest absolute Gasteiger partial charge is 0.0219 e. The van der Waals surface area contributed by atoms with Gasteiger partial charge in [-0.25, -0.2) is 0 Å². The maximum absolute atomic E-state index is 6.05. The van der Waals surface area contributed by atoms with Crippen molar-refractivity contribution in [3.63, 3.8) is 0 Å². The first-order valence-electron chi connectivity index (χ1n) is 8.83. The highest BCUT2D eigenvalue weighted by Gasteiger charge is 2.22. The van der Waals surface area contributed by atoms with Crippen LogP contribution in [0.4, 0.5) is 0 Å². The second kappa shape index (κ2) is 11.7. The molecule has 1 aliphatic rings. The molecule has 1 saturated carbocycles. The Labute approximate surface area is 120 Å². The van der Waals surface area contributed by atoms with Crippen LogP contribution in [0.1, 0.15) is 90.4 Å². The van der Waals surface area contributed by atoms with Gasteiger partial charge in [0.2, 0.25) is 0 Å². The normalized spacial score (nSPS) is 23.1. The van der Waals surface area contributed by atoms with Crippen LogP contribution >= 0.6 is 0 Å². The van der Waals surface area contributed by atoms with Gasteiger partial charge in [0.25, 0.3) is 0 Å². The van der Waals surface area contributed by atoms with Crippen molar-refractivity contribution in [2.45, 2.75) is 102 Å². The summed E-state index contributed by atoms with van der Waals surface area (Å²) in [5.41, 5.74) is 6.05. The number of hydrogen-bond donors (Lipinski definition) is 2. The first-order chi connectivity index (χ1) is 9.34. The summed E-state index contributed by atoms with van der Waals surface area (Å²) in [4.78, 5) is 0. The highest BCUT2D eigenvalue weighted by molar-refractivity contribution is 4.85. The first kappa shape index (κ1) is 17.0. The summed E-state index contributed by atoms with van der Waals surface area (Å²) in [6.07, 6.45) is 18.0. The third-order valence-electron chi connectivity index (χ3n) is 4.51. The highest BCUT2D eigenvalue weighted by atomic mass is 15.0. The molecular formula is C17H36N2. The summed E-state index contributed by atoms with van der Waals surface area (Å²) in [5.74, 6) is 0. The summed E-state index contributed by atoms with van der Waals surface area (Å²) in [6.45, 7) is 3.46. The molecule has 0 aliphatic heterocycles. The maximum atomic E-state index is 6.05. The lowest BCUT2D eigenvalue weighted by Gasteiger charge is -2.16. The Morgan fingerprint density at radius 1 is 0.842 bits per heavy atom. The van der Waals surface area contributed by atoms with Gasteiger partial charge >= 0.3 is 0 Å². The minimum atomic E-state index is 0.420. The van der Waals surface area contributed by atoms with Gasteiger partial charge < -0.3 is 11.1 Å². The Bertz CT molecular complexity index is 194. The fourth-order valence-electron chi connectivity index (χ4n) is 3.14. The Balaban J connectivity index is 1.74. The van der Waals surface area contributed by atoms with Crippen molar-refractivity contribution in [1.82, 2.24) is 5.32 Å². The van der Waals surface area contributed by atoms with E-state index in [9.17, 15) is 0 Å². The van der Waals surface area contributed by atoms with Crippen LogP contribution in [0.15, 0.2) is 0 Å². The van der Waals surface area contributed by atoms with Crippen LogP contribution in [0.2, 0.25) is 0 Å². The third-order valence-corrected chi connectivity index (χ3v) is 4.51. The lowest BCUT2D eigenvalue weighted by molar-refractivity contribution is 0.460. The van der Waals surface area contributed by atoms with Crippen molar-refractivity contribution in [3.8, 4) is 0 Å². The van der Waals surface area contributed by atoms with Crippen LogP contribution in [0.5, 0.6) is 0 Å². The van der Waals surface area contributed by atoms with Gasteiger partial charge in [0.1, 0.15) is 0 Å². The van der Waals surface area contributed by atoms with E-state index < -0.39 is 0 Å². The van der Waals surface area contributed by atoms with Crippen molar-refractivity contribution >= 4 is 0 Å². The minimum Gasteiger partial charge on any atom is -0.326 e. The lowest BCUT2D eigenvalue weighted by atomic mass is 10.1. The van der Waals surface area contributed by atoms with Crippen LogP contribution in [0.3, 0.4) is 0 Å². The van der Waals surface area contributed by atoms with Gasteiger partial charge in [-0.05, 0) is 25.8 Å². The van der Waals surface area contributed by atoms with Gasteiger partial charge in [0.15, 0.2) is 0 Å². The van der Waals surface area contributed by atoms with Gasteiger partial charge in [-0.3, -0.25) is 0 Å². The van der Waals surface area contributed by atoms with E-state index in [-0.39, 0.29) is 0 Å². The topological polar surface area (TPSA) is 38.0 Å². The van der Waals surface area contributed by atoms with Crippen LogP contribution in [0.25, 0.3) is 0 Å². The fraction of sp³-hybridized carbons (Fsp3) is 1.00. The zero-order valence-electron chi connectivity index (χ0n) is 13.1. The molecule has 1 aliphatic carbocycles. The summed E-state index contributed by atoms with van der Waals surface area (Å²) in [6, 6.07) is 1.03. The van der Waals surface area contributed by atoms with Gasteiger partial charge in [0.05, 0.1) is 0 Å². The lowest BCUT2D eigenvalue weighted by Crippen LogP contribution is -2.41. The molecule has 1 fully saturated rings.